The van der Waals surface area contributed by atoms with Gasteiger partial charge in [-0.05, 0) is 50.1 Å². The van der Waals surface area contributed by atoms with Gasteiger partial charge in [-0.15, -0.1) is 0 Å². The summed E-state index contributed by atoms with van der Waals surface area (Å²) in [5, 5.41) is 6.08. The van der Waals surface area contributed by atoms with E-state index in [0.717, 1.165) is 42.7 Å². The third kappa shape index (κ3) is 4.91. The lowest BCUT2D eigenvalue weighted by atomic mass is 10.0. The van der Waals surface area contributed by atoms with E-state index in [1.165, 1.54) is 29.0 Å². The van der Waals surface area contributed by atoms with Crippen LogP contribution in [0.1, 0.15) is 18.4 Å². The van der Waals surface area contributed by atoms with Crippen molar-refractivity contribution < 1.29 is 13.9 Å². The first-order valence-corrected chi connectivity index (χ1v) is 13.5. The number of nitrogens with zero attached hydrogens (tertiary/aromatic N) is 6. The minimum atomic E-state index is -0.397. The fraction of sp³-hybridized carbons (Fsp3) is 0.310. The first-order chi connectivity index (χ1) is 19.9. The Hall–Kier alpha value is -4.71. The summed E-state index contributed by atoms with van der Waals surface area (Å²) in [6, 6.07) is 8.10. The lowest BCUT2D eigenvalue weighted by Crippen LogP contribution is -2.43. The van der Waals surface area contributed by atoms with Crippen LogP contribution in [0.3, 0.4) is 0 Å². The minimum Gasteiger partial charge on any atom is -0.494 e. The molecule has 11 nitrogen and oxygen atoms in total. The molecule has 12 heteroatoms. The standard InChI is InChI=1S/C29H31FN8O3/c1-4-26(39)32-20-15-21(24(41-3)16-22(20)36-11-6-10-35(2)17-36)33-28-31-9-8-25(34-28)38-23-14-19(30)13-18-7-5-12-37(27(18)23)29(38)40/h4,8-9,13-16H,1,5-7,10-12,17H2,2-3H3,(H,32,39)(H,31,33,34). The topological polar surface area (TPSA) is 110 Å². The van der Waals surface area contributed by atoms with Gasteiger partial charge in [0, 0.05) is 44.0 Å². The van der Waals surface area contributed by atoms with E-state index in [0.29, 0.717) is 48.1 Å². The summed E-state index contributed by atoms with van der Waals surface area (Å²) in [7, 11) is 3.61. The molecule has 4 heterocycles. The van der Waals surface area contributed by atoms with Gasteiger partial charge in [-0.2, -0.15) is 4.98 Å². The van der Waals surface area contributed by atoms with Gasteiger partial charge in [-0.1, -0.05) is 6.58 Å². The molecule has 2 aromatic heterocycles. The largest absolute Gasteiger partial charge is 0.494 e. The van der Waals surface area contributed by atoms with Crippen LogP contribution in [-0.4, -0.2) is 63.8 Å². The molecule has 1 saturated heterocycles. The van der Waals surface area contributed by atoms with Crippen LogP contribution in [0.15, 0.2) is 54.0 Å². The molecule has 2 aromatic carbocycles. The van der Waals surface area contributed by atoms with Crippen LogP contribution in [0.2, 0.25) is 0 Å². The summed E-state index contributed by atoms with van der Waals surface area (Å²) in [4.78, 5) is 39.1. The summed E-state index contributed by atoms with van der Waals surface area (Å²) >= 11 is 0. The number of carbonyl (C=O) groups excluding carboxylic acids is 1. The van der Waals surface area contributed by atoms with Crippen molar-refractivity contribution in [2.24, 2.45) is 0 Å². The van der Waals surface area contributed by atoms with Gasteiger partial charge in [0.25, 0.3) is 0 Å². The first-order valence-electron chi connectivity index (χ1n) is 13.5. The number of aryl methyl sites for hydroxylation is 2. The van der Waals surface area contributed by atoms with Crippen LogP contribution in [-0.2, 0) is 17.8 Å². The lowest BCUT2D eigenvalue weighted by molar-refractivity contribution is -0.111. The van der Waals surface area contributed by atoms with Crippen molar-refractivity contribution >= 4 is 40.0 Å². The molecule has 0 unspecified atom stereocenters. The number of imidazole rings is 1. The zero-order valence-electron chi connectivity index (χ0n) is 23.0. The molecule has 2 aliphatic rings. The fourth-order valence-electron chi connectivity index (χ4n) is 5.68. The van der Waals surface area contributed by atoms with E-state index in [-0.39, 0.29) is 17.5 Å². The number of aromatic nitrogens is 4. The predicted octanol–water partition coefficient (Wildman–Crippen LogP) is 3.64. The molecule has 0 radical (unpaired) electrons. The van der Waals surface area contributed by atoms with E-state index >= 15 is 0 Å². The monoisotopic (exact) mass is 558 g/mol. The zero-order chi connectivity index (χ0) is 28.7. The number of benzene rings is 2. The number of ether oxygens (including phenoxy) is 1. The summed E-state index contributed by atoms with van der Waals surface area (Å²) in [6.45, 7) is 6.65. The third-order valence-electron chi connectivity index (χ3n) is 7.49. The van der Waals surface area contributed by atoms with Crippen LogP contribution in [0.5, 0.6) is 5.75 Å². The third-order valence-corrected chi connectivity index (χ3v) is 7.49. The van der Waals surface area contributed by atoms with Gasteiger partial charge in [-0.25, -0.2) is 18.7 Å². The molecule has 4 aromatic rings. The second-order valence-corrected chi connectivity index (χ2v) is 10.3. The smallest absolute Gasteiger partial charge is 0.334 e. The number of hydrogen-bond acceptors (Lipinski definition) is 8. The van der Waals surface area contributed by atoms with Crippen molar-refractivity contribution in [3.05, 3.63) is 71.0 Å². The molecule has 212 valence electrons. The van der Waals surface area contributed by atoms with Gasteiger partial charge in [-0.3, -0.25) is 14.3 Å². The quantitative estimate of drug-likeness (QED) is 0.331. The molecule has 0 aliphatic carbocycles. The van der Waals surface area contributed by atoms with Crippen molar-refractivity contribution in [3.63, 3.8) is 0 Å². The number of rotatable bonds is 7. The number of halogens is 1. The molecule has 2 aliphatic heterocycles. The Labute approximate surface area is 235 Å². The van der Waals surface area contributed by atoms with Crippen LogP contribution in [0, 0.1) is 5.82 Å². The number of nitrogens with one attached hydrogen (secondary N) is 2. The van der Waals surface area contributed by atoms with Gasteiger partial charge in [0.15, 0.2) is 0 Å². The van der Waals surface area contributed by atoms with Crippen LogP contribution >= 0.6 is 0 Å². The summed E-state index contributed by atoms with van der Waals surface area (Å²) in [5.74, 6) is 0.288. The molecule has 41 heavy (non-hydrogen) atoms. The van der Waals surface area contributed by atoms with Gasteiger partial charge in [0.2, 0.25) is 11.9 Å². The highest BCUT2D eigenvalue weighted by atomic mass is 19.1. The van der Waals surface area contributed by atoms with E-state index in [4.69, 9.17) is 4.74 Å². The number of carbonyl (C=O) groups is 1. The second-order valence-electron chi connectivity index (χ2n) is 10.3. The zero-order valence-corrected chi connectivity index (χ0v) is 23.0. The molecule has 1 amide bonds. The number of anilines is 4. The average Bonchev–Trinajstić information content (AvgIpc) is 3.25. The van der Waals surface area contributed by atoms with Crippen molar-refractivity contribution in [1.29, 1.82) is 0 Å². The first kappa shape index (κ1) is 26.5. The van der Waals surface area contributed by atoms with E-state index in [2.05, 4.69) is 37.0 Å². The van der Waals surface area contributed by atoms with Crippen molar-refractivity contribution in [3.8, 4) is 11.6 Å². The summed E-state index contributed by atoms with van der Waals surface area (Å²) in [5.41, 5.74) is 3.64. The van der Waals surface area contributed by atoms with Crippen LogP contribution in [0.25, 0.3) is 16.9 Å². The minimum absolute atomic E-state index is 0.201. The fourth-order valence-corrected chi connectivity index (χ4v) is 5.68. The Bertz CT molecular complexity index is 1730. The molecule has 6 rings (SSSR count). The highest BCUT2D eigenvalue weighted by molar-refractivity contribution is 6.02. The molecule has 2 N–H and O–H groups in total. The Morgan fingerprint density at radius 3 is 2.78 bits per heavy atom. The maximum absolute atomic E-state index is 14.5. The summed E-state index contributed by atoms with van der Waals surface area (Å²) in [6.07, 6.45) is 5.21. The van der Waals surface area contributed by atoms with E-state index in [1.807, 2.05) is 13.1 Å². The number of hydrogen-bond donors (Lipinski definition) is 2. The van der Waals surface area contributed by atoms with Crippen molar-refractivity contribution in [2.45, 2.75) is 25.8 Å². The number of amides is 1. The average molecular weight is 559 g/mol. The molecular weight excluding hydrogens is 527 g/mol. The van der Waals surface area contributed by atoms with Crippen molar-refractivity contribution in [1.82, 2.24) is 24.0 Å². The highest BCUT2D eigenvalue weighted by Gasteiger charge is 2.24. The van der Waals surface area contributed by atoms with E-state index < -0.39 is 5.82 Å². The molecular formula is C29H31FN8O3. The molecule has 0 spiro atoms. The Morgan fingerprint density at radius 1 is 1.15 bits per heavy atom. The molecule has 1 fully saturated rings. The normalized spacial score (nSPS) is 15.1. The second kappa shape index (κ2) is 10.7. The predicted molar refractivity (Wildman–Crippen MR) is 156 cm³/mol. The van der Waals surface area contributed by atoms with Crippen LogP contribution in [0.4, 0.5) is 27.4 Å². The van der Waals surface area contributed by atoms with Gasteiger partial charge in [0.1, 0.15) is 17.4 Å². The lowest BCUT2D eigenvalue weighted by Gasteiger charge is -2.36. The Kier molecular flexibility index (Phi) is 6.91. The highest BCUT2D eigenvalue weighted by Crippen LogP contribution is 2.39. The number of methoxy groups -OCH3 is 1. The molecule has 0 saturated carbocycles. The Morgan fingerprint density at radius 2 is 2.00 bits per heavy atom. The maximum atomic E-state index is 14.5. The van der Waals surface area contributed by atoms with Crippen LogP contribution < -0.4 is 26.0 Å². The van der Waals surface area contributed by atoms with Gasteiger partial charge < -0.3 is 20.3 Å². The van der Waals surface area contributed by atoms with Crippen molar-refractivity contribution in [2.75, 3.05) is 49.4 Å². The summed E-state index contributed by atoms with van der Waals surface area (Å²) < 4.78 is 23.3. The Balaban J connectivity index is 1.40. The van der Waals surface area contributed by atoms with Gasteiger partial charge >= 0.3 is 5.69 Å². The molecule has 0 atom stereocenters. The van der Waals surface area contributed by atoms with Gasteiger partial charge in [0.05, 0.1) is 41.9 Å². The van der Waals surface area contributed by atoms with E-state index in [9.17, 15) is 14.0 Å². The van der Waals surface area contributed by atoms with E-state index in [1.54, 1.807) is 23.8 Å². The SMILES string of the molecule is C=CC(=O)Nc1cc(Nc2nccc(-n3c(=O)n4c5c(cc(F)cc53)CCC4)n2)c(OC)cc1N1CCCN(C)C1. The maximum Gasteiger partial charge on any atom is 0.334 e. The molecule has 0 bridgehead atoms.